The van der Waals surface area contributed by atoms with Gasteiger partial charge in [-0.05, 0) is 55.9 Å². The minimum atomic E-state index is -5.13. The van der Waals surface area contributed by atoms with E-state index >= 15 is 0 Å². The second kappa shape index (κ2) is 8.11. The van der Waals surface area contributed by atoms with Crippen molar-refractivity contribution in [2.75, 3.05) is 11.9 Å². The maximum absolute atomic E-state index is 12.6. The van der Waals surface area contributed by atoms with Crippen LogP contribution in [0.25, 0.3) is 0 Å². The van der Waals surface area contributed by atoms with E-state index in [1.54, 1.807) is 0 Å². The van der Waals surface area contributed by atoms with E-state index in [0.29, 0.717) is 12.8 Å². The normalized spacial score (nSPS) is 21.1. The number of nitrogens with one attached hydrogen (secondary N) is 1. The SMILES string of the molecule is O=C(Nc1ccc(OS(=O)(=O)F)cc1)OCC1CCC(C(F)(F)F)CC1. The Bertz CT molecular complexity index is 713. The number of rotatable bonds is 5. The highest BCUT2D eigenvalue weighted by molar-refractivity contribution is 7.81. The molecule has 0 unspecified atom stereocenters. The van der Waals surface area contributed by atoms with Crippen LogP contribution in [0, 0.1) is 11.8 Å². The Morgan fingerprint density at radius 2 is 1.69 bits per heavy atom. The molecule has 146 valence electrons. The predicted octanol–water partition coefficient (Wildman–Crippen LogP) is 4.20. The number of hydrogen-bond donors (Lipinski definition) is 1. The molecule has 0 saturated heterocycles. The summed E-state index contributed by atoms with van der Waals surface area (Å²) in [6.45, 7) is 0.0116. The second-order valence-electron chi connectivity index (χ2n) is 5.98. The van der Waals surface area contributed by atoms with E-state index in [9.17, 15) is 30.3 Å². The number of alkyl halides is 3. The van der Waals surface area contributed by atoms with Crippen molar-refractivity contribution in [3.05, 3.63) is 24.3 Å². The van der Waals surface area contributed by atoms with E-state index in [2.05, 4.69) is 9.50 Å². The first kappa shape index (κ1) is 20.3. The van der Waals surface area contributed by atoms with Crippen LogP contribution in [0.5, 0.6) is 5.75 Å². The highest BCUT2D eigenvalue weighted by atomic mass is 32.3. The molecule has 0 aliphatic heterocycles. The van der Waals surface area contributed by atoms with Crippen LogP contribution in [0.2, 0.25) is 0 Å². The van der Waals surface area contributed by atoms with Crippen molar-refractivity contribution >= 4 is 22.3 Å². The lowest BCUT2D eigenvalue weighted by Crippen LogP contribution is -2.29. The number of carbonyl (C=O) groups excluding carboxylic acids is 1. The fourth-order valence-electron chi connectivity index (χ4n) is 2.71. The van der Waals surface area contributed by atoms with Gasteiger partial charge in [0.1, 0.15) is 5.75 Å². The molecule has 1 aliphatic carbocycles. The number of carbonyl (C=O) groups is 1. The summed E-state index contributed by atoms with van der Waals surface area (Å²) in [5.41, 5.74) is 0.249. The van der Waals surface area contributed by atoms with Gasteiger partial charge < -0.3 is 8.92 Å². The fraction of sp³-hybridized carbons (Fsp3) is 0.533. The van der Waals surface area contributed by atoms with Gasteiger partial charge in [-0.25, -0.2) is 4.79 Å². The summed E-state index contributed by atoms with van der Waals surface area (Å²) in [5, 5.41) is 2.36. The van der Waals surface area contributed by atoms with Crippen molar-refractivity contribution in [3.8, 4) is 5.75 Å². The monoisotopic (exact) mass is 399 g/mol. The molecular formula is C15H17F4NO5S. The predicted molar refractivity (Wildman–Crippen MR) is 83.6 cm³/mol. The van der Waals surface area contributed by atoms with E-state index in [-0.39, 0.29) is 36.8 Å². The minimum absolute atomic E-state index is 0.0116. The van der Waals surface area contributed by atoms with Gasteiger partial charge in [0.05, 0.1) is 12.5 Å². The van der Waals surface area contributed by atoms with Crippen LogP contribution in [-0.4, -0.2) is 27.3 Å². The summed E-state index contributed by atoms with van der Waals surface area (Å²) in [5.74, 6) is -1.68. The summed E-state index contributed by atoms with van der Waals surface area (Å²) < 4.78 is 79.8. The topological polar surface area (TPSA) is 81.7 Å². The summed E-state index contributed by atoms with van der Waals surface area (Å²) in [7, 11) is -5.13. The Kier molecular flexibility index (Phi) is 6.32. The van der Waals surface area contributed by atoms with Crippen molar-refractivity contribution in [2.24, 2.45) is 11.8 Å². The molecule has 1 fully saturated rings. The van der Waals surface area contributed by atoms with Crippen molar-refractivity contribution < 1.29 is 39.2 Å². The molecular weight excluding hydrogens is 382 g/mol. The maximum atomic E-state index is 12.6. The smallest absolute Gasteiger partial charge is 0.449 e. The highest BCUT2D eigenvalue weighted by Gasteiger charge is 2.41. The molecule has 1 amide bonds. The molecule has 1 saturated carbocycles. The summed E-state index contributed by atoms with van der Waals surface area (Å²) in [4.78, 5) is 11.7. The number of hydrogen-bond acceptors (Lipinski definition) is 5. The van der Waals surface area contributed by atoms with Gasteiger partial charge in [-0.15, -0.1) is 0 Å². The lowest BCUT2D eigenvalue weighted by Gasteiger charge is -2.29. The molecule has 2 rings (SSSR count). The molecule has 0 heterocycles. The molecule has 6 nitrogen and oxygen atoms in total. The molecule has 1 aromatic rings. The summed E-state index contributed by atoms with van der Waals surface area (Å²) in [6, 6.07) is 4.81. The molecule has 11 heteroatoms. The van der Waals surface area contributed by atoms with E-state index in [1.165, 1.54) is 12.1 Å². The van der Waals surface area contributed by atoms with Crippen LogP contribution in [0.4, 0.5) is 27.5 Å². The molecule has 0 bridgehead atoms. The zero-order valence-electron chi connectivity index (χ0n) is 13.5. The first-order chi connectivity index (χ1) is 12.0. The van der Waals surface area contributed by atoms with Crippen LogP contribution in [-0.2, 0) is 15.2 Å². The van der Waals surface area contributed by atoms with Crippen LogP contribution < -0.4 is 9.50 Å². The van der Waals surface area contributed by atoms with E-state index < -0.39 is 28.7 Å². The van der Waals surface area contributed by atoms with Crippen LogP contribution in [0.3, 0.4) is 0 Å². The third-order valence-electron chi connectivity index (χ3n) is 4.06. The quantitative estimate of drug-likeness (QED) is 0.593. The van der Waals surface area contributed by atoms with Crippen molar-refractivity contribution in [1.29, 1.82) is 0 Å². The van der Waals surface area contributed by atoms with E-state index in [0.717, 1.165) is 12.1 Å². The van der Waals surface area contributed by atoms with E-state index in [4.69, 9.17) is 4.74 Å². The number of ether oxygens (including phenoxy) is 1. The van der Waals surface area contributed by atoms with Crippen LogP contribution >= 0.6 is 0 Å². The Hall–Kier alpha value is -2.04. The first-order valence-electron chi connectivity index (χ1n) is 7.77. The van der Waals surface area contributed by atoms with Gasteiger partial charge in [0.2, 0.25) is 0 Å². The largest absolute Gasteiger partial charge is 0.488 e. The van der Waals surface area contributed by atoms with Gasteiger partial charge in [-0.1, -0.05) is 3.89 Å². The average molecular weight is 399 g/mol. The number of halogens is 4. The Balaban J connectivity index is 1.74. The molecule has 0 aromatic heterocycles. The molecule has 1 N–H and O–H groups in total. The third-order valence-corrected chi connectivity index (χ3v) is 4.45. The van der Waals surface area contributed by atoms with Crippen LogP contribution in [0.1, 0.15) is 25.7 Å². The van der Waals surface area contributed by atoms with E-state index in [1.807, 2.05) is 0 Å². The molecule has 1 aliphatic rings. The molecule has 0 atom stereocenters. The first-order valence-corrected chi connectivity index (χ1v) is 9.08. The summed E-state index contributed by atoms with van der Waals surface area (Å²) in [6.07, 6.45) is -4.26. The molecule has 0 radical (unpaired) electrons. The Morgan fingerprint density at radius 3 is 2.19 bits per heavy atom. The fourth-order valence-corrected chi connectivity index (χ4v) is 3.05. The second-order valence-corrected chi connectivity index (χ2v) is 6.94. The Morgan fingerprint density at radius 1 is 1.12 bits per heavy atom. The standard InChI is InChI=1S/C15H17F4NO5S/c16-15(17,18)11-3-1-10(2-4-11)9-24-14(21)20-12-5-7-13(8-6-12)25-26(19,22)23/h5-8,10-11H,1-4,9H2,(H,20,21). The van der Waals surface area contributed by atoms with Crippen molar-refractivity contribution in [2.45, 2.75) is 31.9 Å². The third kappa shape index (κ3) is 6.70. The zero-order chi connectivity index (χ0) is 19.4. The lowest BCUT2D eigenvalue weighted by molar-refractivity contribution is -0.184. The minimum Gasteiger partial charge on any atom is -0.449 e. The van der Waals surface area contributed by atoms with Crippen LogP contribution in [0.15, 0.2) is 24.3 Å². The van der Waals surface area contributed by atoms with Gasteiger partial charge in [-0.3, -0.25) is 5.32 Å². The van der Waals surface area contributed by atoms with Crippen molar-refractivity contribution in [3.63, 3.8) is 0 Å². The zero-order valence-corrected chi connectivity index (χ0v) is 14.3. The number of anilines is 1. The van der Waals surface area contributed by atoms with Gasteiger partial charge in [0.15, 0.2) is 0 Å². The van der Waals surface area contributed by atoms with Gasteiger partial charge in [0, 0.05) is 5.69 Å². The van der Waals surface area contributed by atoms with Gasteiger partial charge >= 0.3 is 22.8 Å². The number of benzene rings is 1. The molecule has 26 heavy (non-hydrogen) atoms. The average Bonchev–Trinajstić information content (AvgIpc) is 2.53. The summed E-state index contributed by atoms with van der Waals surface area (Å²) >= 11 is 0. The molecule has 1 aromatic carbocycles. The lowest BCUT2D eigenvalue weighted by atomic mass is 9.82. The van der Waals surface area contributed by atoms with Gasteiger partial charge in [0.25, 0.3) is 0 Å². The maximum Gasteiger partial charge on any atom is 0.488 e. The van der Waals surface area contributed by atoms with Crippen molar-refractivity contribution in [1.82, 2.24) is 0 Å². The molecule has 0 spiro atoms. The highest BCUT2D eigenvalue weighted by Crippen LogP contribution is 2.39. The Labute approximate surface area is 147 Å². The number of amides is 1. The van der Waals surface area contributed by atoms with Gasteiger partial charge in [-0.2, -0.15) is 21.6 Å².